The molecular weight excluding hydrogens is 263 g/mol. The van der Waals surface area contributed by atoms with E-state index in [1.54, 1.807) is 5.32 Å². The van der Waals surface area contributed by atoms with E-state index < -0.39 is 29.8 Å². The zero-order valence-electron chi connectivity index (χ0n) is 9.14. The number of ether oxygens (including phenoxy) is 1. The lowest BCUT2D eigenvalue weighted by molar-refractivity contribution is -0.174. The molecule has 0 radical (unpaired) electrons. The fourth-order valence-electron chi connectivity index (χ4n) is 1.08. The predicted molar refractivity (Wildman–Crippen MR) is 54.8 cm³/mol. The topological polar surface area (TPSA) is 55.4 Å². The summed E-state index contributed by atoms with van der Waals surface area (Å²) in [5, 5.41) is 1.61. The van der Waals surface area contributed by atoms with Crippen LogP contribution in [0.3, 0.4) is 0 Å². The van der Waals surface area contributed by atoms with Gasteiger partial charge in [0.05, 0.1) is 11.9 Å². The Bertz CT molecular complexity index is 271. The van der Waals surface area contributed by atoms with Crippen molar-refractivity contribution < 1.29 is 27.5 Å². The van der Waals surface area contributed by atoms with Gasteiger partial charge < -0.3 is 10.1 Å². The molecule has 1 amide bonds. The molecule has 4 nitrogen and oxygen atoms in total. The maximum Gasteiger partial charge on any atom is 0.471 e. The third kappa shape index (κ3) is 6.48. The van der Waals surface area contributed by atoms with Gasteiger partial charge in [0.2, 0.25) is 0 Å². The maximum atomic E-state index is 12.0. The van der Waals surface area contributed by atoms with Crippen LogP contribution in [-0.2, 0) is 14.3 Å². The summed E-state index contributed by atoms with van der Waals surface area (Å²) in [6.45, 7) is 0.286. The first-order chi connectivity index (χ1) is 7.82. The Hall–Kier alpha value is -0.820. The van der Waals surface area contributed by atoms with Crippen LogP contribution in [-0.4, -0.2) is 43.5 Å². The van der Waals surface area contributed by atoms with Crippen molar-refractivity contribution in [3.05, 3.63) is 0 Å². The first-order valence-corrected chi connectivity index (χ1v) is 5.31. The fraction of sp³-hybridized carbons (Fsp3) is 0.778. The molecule has 0 aliphatic rings. The Kier molecular flexibility index (Phi) is 7.13. The third-order valence-electron chi connectivity index (χ3n) is 1.92. The van der Waals surface area contributed by atoms with Crippen molar-refractivity contribution in [3.63, 3.8) is 0 Å². The van der Waals surface area contributed by atoms with Crippen LogP contribution in [0.15, 0.2) is 0 Å². The van der Waals surface area contributed by atoms with Gasteiger partial charge >= 0.3 is 12.1 Å². The average Bonchev–Trinajstić information content (AvgIpc) is 2.25. The summed E-state index contributed by atoms with van der Waals surface area (Å²) in [6, 6.07) is -1.23. The lowest BCUT2D eigenvalue weighted by Gasteiger charge is -2.17. The van der Waals surface area contributed by atoms with E-state index in [4.69, 9.17) is 16.3 Å². The number of alkyl halides is 4. The number of hydrogen-bond donors (Lipinski definition) is 1. The molecule has 8 heteroatoms. The van der Waals surface area contributed by atoms with Crippen molar-refractivity contribution in [1.29, 1.82) is 0 Å². The highest BCUT2D eigenvalue weighted by Gasteiger charge is 2.40. The number of carbonyl (C=O) groups excluding carboxylic acids is 2. The molecule has 0 bridgehead atoms. The summed E-state index contributed by atoms with van der Waals surface area (Å²) in [6.07, 6.45) is -4.60. The Morgan fingerprint density at radius 3 is 2.41 bits per heavy atom. The molecule has 0 aromatic carbocycles. The number of methoxy groups -OCH3 is 1. The molecule has 1 N–H and O–H groups in total. The first kappa shape index (κ1) is 16.2. The summed E-state index contributed by atoms with van der Waals surface area (Å²) in [5.74, 6) is -3.24. The molecule has 0 aliphatic carbocycles. The van der Waals surface area contributed by atoms with Gasteiger partial charge in [0, 0.05) is 13.7 Å². The summed E-state index contributed by atoms with van der Waals surface area (Å²) in [7, 11) is 1.42. The smallest absolute Gasteiger partial charge is 0.385 e. The molecule has 0 rings (SSSR count). The van der Waals surface area contributed by atoms with Crippen LogP contribution < -0.4 is 5.32 Å². The normalized spacial score (nSPS) is 13.2. The van der Waals surface area contributed by atoms with Gasteiger partial charge in [0.1, 0.15) is 0 Å². The van der Waals surface area contributed by atoms with E-state index in [0.29, 0.717) is 6.42 Å². The van der Waals surface area contributed by atoms with Crippen molar-refractivity contribution in [2.45, 2.75) is 25.1 Å². The second-order valence-corrected chi connectivity index (χ2v) is 3.53. The van der Waals surface area contributed by atoms with Crippen LogP contribution in [0.2, 0.25) is 0 Å². The summed E-state index contributed by atoms with van der Waals surface area (Å²) >= 11 is 5.24. The van der Waals surface area contributed by atoms with Gasteiger partial charge in [-0.05, 0) is 12.8 Å². The molecule has 0 aliphatic heterocycles. The van der Waals surface area contributed by atoms with E-state index >= 15 is 0 Å². The van der Waals surface area contributed by atoms with Crippen molar-refractivity contribution in [2.75, 3.05) is 19.6 Å². The van der Waals surface area contributed by atoms with E-state index in [-0.39, 0.29) is 13.0 Å². The van der Waals surface area contributed by atoms with Crippen LogP contribution in [0.25, 0.3) is 0 Å². The highest BCUT2D eigenvalue weighted by molar-refractivity contribution is 6.28. The van der Waals surface area contributed by atoms with Gasteiger partial charge in [-0.3, -0.25) is 9.59 Å². The van der Waals surface area contributed by atoms with Crippen molar-refractivity contribution in [1.82, 2.24) is 5.32 Å². The Morgan fingerprint density at radius 1 is 1.41 bits per heavy atom. The van der Waals surface area contributed by atoms with Crippen LogP contribution in [0.5, 0.6) is 0 Å². The van der Waals surface area contributed by atoms with Crippen LogP contribution >= 0.6 is 11.6 Å². The lowest BCUT2D eigenvalue weighted by atomic mass is 10.1. The van der Waals surface area contributed by atoms with E-state index in [1.807, 2.05) is 0 Å². The molecule has 0 heterocycles. The molecule has 0 saturated heterocycles. The number of Topliss-reactive ketones (excluding diaryl/α,β-unsaturated/α-hetero) is 1. The second kappa shape index (κ2) is 7.50. The van der Waals surface area contributed by atoms with Crippen LogP contribution in [0.1, 0.15) is 12.8 Å². The van der Waals surface area contributed by atoms with Gasteiger partial charge in [-0.25, -0.2) is 0 Å². The molecule has 0 aromatic heterocycles. The van der Waals surface area contributed by atoms with Gasteiger partial charge in [-0.2, -0.15) is 13.2 Å². The monoisotopic (exact) mass is 275 g/mol. The SMILES string of the molecule is COCCCC(NC(=O)C(F)(F)F)C(=O)CCl. The van der Waals surface area contributed by atoms with E-state index in [1.165, 1.54) is 7.11 Å². The highest BCUT2D eigenvalue weighted by Crippen LogP contribution is 2.15. The fourth-order valence-corrected chi connectivity index (χ4v) is 1.26. The minimum atomic E-state index is -5.01. The average molecular weight is 276 g/mol. The Morgan fingerprint density at radius 2 is 2.00 bits per heavy atom. The van der Waals surface area contributed by atoms with Crippen molar-refractivity contribution >= 4 is 23.3 Å². The zero-order chi connectivity index (χ0) is 13.5. The number of halogens is 4. The number of hydrogen-bond acceptors (Lipinski definition) is 3. The molecular formula is C9H13ClF3NO3. The van der Waals surface area contributed by atoms with Crippen LogP contribution in [0, 0.1) is 0 Å². The Balaban J connectivity index is 4.39. The molecule has 17 heavy (non-hydrogen) atoms. The van der Waals surface area contributed by atoms with Gasteiger partial charge in [0.15, 0.2) is 5.78 Å². The van der Waals surface area contributed by atoms with Crippen molar-refractivity contribution in [2.24, 2.45) is 0 Å². The number of nitrogens with one attached hydrogen (secondary N) is 1. The minimum Gasteiger partial charge on any atom is -0.385 e. The number of carbonyl (C=O) groups is 2. The zero-order valence-corrected chi connectivity index (χ0v) is 9.90. The summed E-state index contributed by atoms with van der Waals surface area (Å²) in [4.78, 5) is 21.9. The second-order valence-electron chi connectivity index (χ2n) is 3.26. The molecule has 0 spiro atoms. The van der Waals surface area contributed by atoms with Crippen LogP contribution in [0.4, 0.5) is 13.2 Å². The van der Waals surface area contributed by atoms with Gasteiger partial charge in [-0.15, -0.1) is 11.6 Å². The summed E-state index contributed by atoms with van der Waals surface area (Å²) in [5.41, 5.74) is 0. The quantitative estimate of drug-likeness (QED) is 0.562. The largest absolute Gasteiger partial charge is 0.471 e. The molecule has 1 atom stereocenters. The standard InChI is InChI=1S/C9H13ClF3NO3/c1-17-4-2-3-6(7(15)5-10)14-8(16)9(11,12)13/h6H,2-5H2,1H3,(H,14,16). The molecule has 0 saturated carbocycles. The third-order valence-corrected chi connectivity index (χ3v) is 2.19. The Labute approximate surface area is 101 Å². The number of amides is 1. The highest BCUT2D eigenvalue weighted by atomic mass is 35.5. The van der Waals surface area contributed by atoms with E-state index in [0.717, 1.165) is 0 Å². The molecule has 1 unspecified atom stereocenters. The molecule has 0 fully saturated rings. The predicted octanol–water partition coefficient (Wildman–Crippen LogP) is 1.27. The summed E-state index contributed by atoms with van der Waals surface area (Å²) < 4.78 is 40.7. The van der Waals surface area contributed by atoms with Gasteiger partial charge in [-0.1, -0.05) is 0 Å². The maximum absolute atomic E-state index is 12.0. The van der Waals surface area contributed by atoms with Crippen molar-refractivity contribution in [3.8, 4) is 0 Å². The number of ketones is 1. The van der Waals surface area contributed by atoms with E-state index in [9.17, 15) is 22.8 Å². The van der Waals surface area contributed by atoms with E-state index in [2.05, 4.69) is 0 Å². The minimum absolute atomic E-state index is 0.0568. The van der Waals surface area contributed by atoms with Gasteiger partial charge in [0.25, 0.3) is 0 Å². The molecule has 0 aromatic rings. The lowest BCUT2D eigenvalue weighted by Crippen LogP contribution is -2.47. The number of rotatable bonds is 7. The first-order valence-electron chi connectivity index (χ1n) is 4.78. The molecule has 100 valence electrons.